The van der Waals surface area contributed by atoms with Crippen molar-refractivity contribution in [1.82, 2.24) is 0 Å². The van der Waals surface area contributed by atoms with E-state index >= 15 is 0 Å². The Morgan fingerprint density at radius 1 is 0.882 bits per heavy atom. The van der Waals surface area contributed by atoms with Crippen molar-refractivity contribution >= 4 is 11.5 Å². The number of benzene rings is 3. The van der Waals surface area contributed by atoms with Crippen LogP contribution in [0.25, 0.3) is 0 Å². The molecule has 3 rings (SSSR count). The molecule has 182 valence electrons. The van der Waals surface area contributed by atoms with Crippen LogP contribution < -0.4 is 9.64 Å². The van der Waals surface area contributed by atoms with E-state index in [-0.39, 0.29) is 12.4 Å². The van der Waals surface area contributed by atoms with E-state index in [0.29, 0.717) is 13.0 Å². The van der Waals surface area contributed by atoms with Crippen LogP contribution in [-0.4, -0.2) is 47.9 Å². The summed E-state index contributed by atoms with van der Waals surface area (Å²) >= 11 is 0. The summed E-state index contributed by atoms with van der Waals surface area (Å²) in [6.45, 7) is 9.90. The van der Waals surface area contributed by atoms with Gasteiger partial charge in [0.2, 0.25) is 0 Å². The van der Waals surface area contributed by atoms with Gasteiger partial charge in [-0.2, -0.15) is 0 Å². The van der Waals surface area contributed by atoms with Crippen molar-refractivity contribution < 1.29 is 19.7 Å². The van der Waals surface area contributed by atoms with Crippen LogP contribution >= 0.6 is 0 Å². The highest BCUT2D eigenvalue weighted by Crippen LogP contribution is 2.23. The van der Waals surface area contributed by atoms with Crippen LogP contribution in [0.15, 0.2) is 78.9 Å². The molecule has 3 aromatic rings. The molecular formula is C29H37NO4. The Morgan fingerprint density at radius 3 is 2.03 bits per heavy atom. The third kappa shape index (κ3) is 8.65. The third-order valence-electron chi connectivity index (χ3n) is 5.21. The van der Waals surface area contributed by atoms with Crippen LogP contribution in [0.2, 0.25) is 0 Å². The Bertz CT molecular complexity index is 991. The van der Waals surface area contributed by atoms with Gasteiger partial charge >= 0.3 is 0 Å². The van der Waals surface area contributed by atoms with Gasteiger partial charge in [-0.05, 0) is 57.5 Å². The smallest absolute Gasteiger partial charge is 0.195 e. The normalized spacial score (nSPS) is 10.8. The number of para-hydroxylation sites is 1. The molecular weight excluding hydrogens is 426 g/mol. The van der Waals surface area contributed by atoms with Gasteiger partial charge < -0.3 is 19.8 Å². The van der Waals surface area contributed by atoms with Crippen LogP contribution in [0, 0.1) is 0 Å². The summed E-state index contributed by atoms with van der Waals surface area (Å²) in [5.41, 5.74) is 2.91. The molecule has 0 aliphatic carbocycles. The van der Waals surface area contributed by atoms with Gasteiger partial charge in [-0.15, -0.1) is 0 Å². The van der Waals surface area contributed by atoms with Crippen LogP contribution in [0.3, 0.4) is 0 Å². The third-order valence-corrected chi connectivity index (χ3v) is 5.21. The first-order chi connectivity index (χ1) is 16.3. The number of carbonyl (C=O) groups is 1. The van der Waals surface area contributed by atoms with E-state index in [9.17, 15) is 9.90 Å². The summed E-state index contributed by atoms with van der Waals surface area (Å²) in [5.74, 6) is 0.826. The van der Waals surface area contributed by atoms with E-state index < -0.39 is 5.60 Å². The number of hydrogen-bond acceptors (Lipinski definition) is 5. The molecule has 0 fully saturated rings. The van der Waals surface area contributed by atoms with E-state index in [1.165, 1.54) is 0 Å². The fraction of sp³-hybridized carbons (Fsp3) is 0.345. The standard InChI is InChI=1S/C17H19NO.C12H18O3/c1-3-18(4-2)16-13-9-8-12-15(16)17(19)14-10-6-5-7-11-14;1-12(2,14)9-10-3-5-11(6-4-10)15-8-7-13/h5-13H,3-4H2,1-2H3;3-6,13-14H,7-9H2,1-2H3. The lowest BCUT2D eigenvalue weighted by atomic mass is 9.99. The summed E-state index contributed by atoms with van der Waals surface area (Å²) in [4.78, 5) is 14.8. The minimum Gasteiger partial charge on any atom is -0.491 e. The Kier molecular flexibility index (Phi) is 10.8. The summed E-state index contributed by atoms with van der Waals surface area (Å²) in [6.07, 6.45) is 0.618. The monoisotopic (exact) mass is 463 g/mol. The molecule has 0 heterocycles. The van der Waals surface area contributed by atoms with Gasteiger partial charge in [-0.1, -0.05) is 54.6 Å². The van der Waals surface area contributed by atoms with E-state index in [1.54, 1.807) is 13.8 Å². The number of carbonyl (C=O) groups excluding carboxylic acids is 1. The fourth-order valence-electron chi connectivity index (χ4n) is 3.62. The quantitative estimate of drug-likeness (QED) is 0.408. The predicted octanol–water partition coefficient (Wildman–Crippen LogP) is 5.13. The summed E-state index contributed by atoms with van der Waals surface area (Å²) in [7, 11) is 0. The van der Waals surface area contributed by atoms with Gasteiger partial charge in [-0.25, -0.2) is 0 Å². The van der Waals surface area contributed by atoms with Crippen molar-refractivity contribution in [1.29, 1.82) is 0 Å². The highest BCUT2D eigenvalue weighted by Gasteiger charge is 2.15. The number of nitrogens with zero attached hydrogens (tertiary/aromatic N) is 1. The molecule has 0 amide bonds. The van der Waals surface area contributed by atoms with Crippen molar-refractivity contribution in [2.45, 2.75) is 39.7 Å². The maximum atomic E-state index is 12.6. The van der Waals surface area contributed by atoms with Crippen LogP contribution in [-0.2, 0) is 6.42 Å². The molecule has 0 radical (unpaired) electrons. The molecule has 3 aromatic carbocycles. The van der Waals surface area contributed by atoms with Crippen molar-refractivity contribution in [2.75, 3.05) is 31.2 Å². The zero-order valence-corrected chi connectivity index (χ0v) is 20.7. The first kappa shape index (κ1) is 27.1. The zero-order valence-electron chi connectivity index (χ0n) is 20.7. The van der Waals surface area contributed by atoms with Crippen LogP contribution in [0.4, 0.5) is 5.69 Å². The van der Waals surface area contributed by atoms with Crippen LogP contribution in [0.5, 0.6) is 5.75 Å². The van der Waals surface area contributed by atoms with Gasteiger partial charge in [-0.3, -0.25) is 4.79 Å². The molecule has 0 aliphatic heterocycles. The molecule has 2 N–H and O–H groups in total. The number of hydrogen-bond donors (Lipinski definition) is 2. The molecule has 0 bridgehead atoms. The van der Waals surface area contributed by atoms with Gasteiger partial charge in [0.15, 0.2) is 5.78 Å². The molecule has 5 nitrogen and oxygen atoms in total. The average Bonchev–Trinajstić information content (AvgIpc) is 2.84. The van der Waals surface area contributed by atoms with Gasteiger partial charge in [0.1, 0.15) is 12.4 Å². The van der Waals surface area contributed by atoms with Crippen molar-refractivity contribution in [2.24, 2.45) is 0 Å². The zero-order chi connectivity index (χ0) is 25.0. The van der Waals surface area contributed by atoms with Crippen LogP contribution in [0.1, 0.15) is 49.2 Å². The number of aliphatic hydroxyl groups excluding tert-OH is 1. The van der Waals surface area contributed by atoms with Gasteiger partial charge in [0, 0.05) is 36.3 Å². The molecule has 0 spiro atoms. The Labute approximate surface area is 203 Å². The molecule has 0 saturated heterocycles. The number of aliphatic hydroxyl groups is 2. The lowest BCUT2D eigenvalue weighted by molar-refractivity contribution is 0.0809. The second-order valence-corrected chi connectivity index (χ2v) is 8.59. The molecule has 5 heteroatoms. The number of rotatable bonds is 10. The summed E-state index contributed by atoms with van der Waals surface area (Å²) < 4.78 is 5.23. The fourth-order valence-corrected chi connectivity index (χ4v) is 3.62. The molecule has 0 atom stereocenters. The average molecular weight is 464 g/mol. The maximum Gasteiger partial charge on any atom is 0.195 e. The first-order valence-electron chi connectivity index (χ1n) is 11.8. The SMILES string of the molecule is CC(C)(O)Cc1ccc(OCCO)cc1.CCN(CC)c1ccccc1C(=O)c1ccccc1. The topological polar surface area (TPSA) is 70.0 Å². The molecule has 34 heavy (non-hydrogen) atoms. The second-order valence-electron chi connectivity index (χ2n) is 8.59. The highest BCUT2D eigenvalue weighted by molar-refractivity contribution is 6.12. The van der Waals surface area contributed by atoms with E-state index in [4.69, 9.17) is 9.84 Å². The number of ketones is 1. The van der Waals surface area contributed by atoms with Crippen molar-refractivity contribution in [3.63, 3.8) is 0 Å². The maximum absolute atomic E-state index is 12.6. The minimum atomic E-state index is -0.687. The lowest BCUT2D eigenvalue weighted by Crippen LogP contribution is -2.24. The first-order valence-corrected chi connectivity index (χ1v) is 11.8. The Morgan fingerprint density at radius 2 is 1.47 bits per heavy atom. The van der Waals surface area contributed by atoms with Crippen molar-refractivity contribution in [3.8, 4) is 5.75 Å². The molecule has 0 aromatic heterocycles. The minimum absolute atomic E-state index is 0.0193. The Balaban J connectivity index is 0.000000248. The molecule has 0 aliphatic rings. The molecule has 0 saturated carbocycles. The van der Waals surface area contributed by atoms with E-state index in [0.717, 1.165) is 41.2 Å². The number of anilines is 1. The molecule has 0 unspecified atom stereocenters. The summed E-state index contributed by atoms with van der Waals surface area (Å²) in [6, 6.07) is 24.8. The van der Waals surface area contributed by atoms with Gasteiger partial charge in [0.05, 0.1) is 12.2 Å². The van der Waals surface area contributed by atoms with Gasteiger partial charge in [0.25, 0.3) is 0 Å². The van der Waals surface area contributed by atoms with E-state index in [1.807, 2.05) is 78.9 Å². The highest BCUT2D eigenvalue weighted by atomic mass is 16.5. The lowest BCUT2D eigenvalue weighted by Gasteiger charge is -2.23. The number of ether oxygens (including phenoxy) is 1. The summed E-state index contributed by atoms with van der Waals surface area (Å²) in [5, 5.41) is 18.2. The van der Waals surface area contributed by atoms with Crippen molar-refractivity contribution in [3.05, 3.63) is 95.6 Å². The second kappa shape index (κ2) is 13.5. The Hall–Kier alpha value is -3.15. The predicted molar refractivity (Wildman–Crippen MR) is 139 cm³/mol. The largest absolute Gasteiger partial charge is 0.491 e. The van der Waals surface area contributed by atoms with E-state index in [2.05, 4.69) is 18.7 Å².